The first-order valence-electron chi connectivity index (χ1n) is 4.40. The summed E-state index contributed by atoms with van der Waals surface area (Å²) in [4.78, 5) is 7.94. The van der Waals surface area contributed by atoms with Crippen molar-refractivity contribution >= 4 is 5.95 Å². The van der Waals surface area contributed by atoms with E-state index in [4.69, 9.17) is 10.5 Å². The lowest BCUT2D eigenvalue weighted by Gasteiger charge is -2.04. The van der Waals surface area contributed by atoms with Crippen molar-refractivity contribution in [2.75, 3.05) is 12.8 Å². The van der Waals surface area contributed by atoms with Crippen molar-refractivity contribution in [1.82, 2.24) is 19.7 Å². The molecule has 0 fully saturated rings. The summed E-state index contributed by atoms with van der Waals surface area (Å²) in [6.07, 6.45) is 1.80. The molecule has 2 aromatic heterocycles. The molecule has 0 aliphatic rings. The lowest BCUT2D eigenvalue weighted by molar-refractivity contribution is 0.397. The molecule has 2 rings (SSSR count). The summed E-state index contributed by atoms with van der Waals surface area (Å²) >= 11 is 0. The zero-order valence-electron chi connectivity index (χ0n) is 8.51. The van der Waals surface area contributed by atoms with Gasteiger partial charge in [0.25, 0.3) is 0 Å². The molecule has 0 unspecified atom stereocenters. The Balaban J connectivity index is 2.48. The van der Waals surface area contributed by atoms with Crippen molar-refractivity contribution in [2.24, 2.45) is 0 Å². The van der Waals surface area contributed by atoms with Crippen molar-refractivity contribution in [3.8, 4) is 11.7 Å². The number of aromatic nitrogens is 4. The van der Waals surface area contributed by atoms with E-state index in [0.717, 1.165) is 5.69 Å². The first-order chi connectivity index (χ1) is 7.19. The van der Waals surface area contributed by atoms with E-state index in [2.05, 4.69) is 15.1 Å². The number of nitrogens with zero attached hydrogens (tertiary/aromatic N) is 4. The van der Waals surface area contributed by atoms with Gasteiger partial charge in [0.05, 0.1) is 12.8 Å². The molecule has 0 saturated heterocycles. The lowest BCUT2D eigenvalue weighted by Crippen LogP contribution is -2.04. The minimum Gasteiger partial charge on any atom is -0.481 e. The first kappa shape index (κ1) is 9.45. The van der Waals surface area contributed by atoms with Gasteiger partial charge in [0.1, 0.15) is 0 Å². The predicted octanol–water partition coefficient (Wildman–Crippen LogP) is 0.562. The van der Waals surface area contributed by atoms with Crippen molar-refractivity contribution in [3.63, 3.8) is 0 Å². The van der Waals surface area contributed by atoms with Gasteiger partial charge in [0.2, 0.25) is 11.8 Å². The first-order valence-corrected chi connectivity index (χ1v) is 4.40. The number of aryl methyl sites for hydroxylation is 1. The Hall–Kier alpha value is -2.11. The maximum absolute atomic E-state index is 5.54. The van der Waals surface area contributed by atoms with Gasteiger partial charge < -0.3 is 10.5 Å². The molecule has 2 heterocycles. The average Bonchev–Trinajstić information content (AvgIpc) is 2.64. The summed E-state index contributed by atoms with van der Waals surface area (Å²) in [7, 11) is 1.53. The van der Waals surface area contributed by atoms with Crippen LogP contribution >= 0.6 is 0 Å². The summed E-state index contributed by atoms with van der Waals surface area (Å²) < 4.78 is 6.61. The molecule has 0 aliphatic carbocycles. The van der Waals surface area contributed by atoms with Crippen molar-refractivity contribution in [2.45, 2.75) is 6.92 Å². The highest BCUT2D eigenvalue weighted by Crippen LogP contribution is 2.13. The molecule has 0 aliphatic heterocycles. The third-order valence-electron chi connectivity index (χ3n) is 1.87. The smallest absolute Gasteiger partial charge is 0.225 e. The molecule has 15 heavy (non-hydrogen) atoms. The standard InChI is InChI=1S/C9H11N5O/c1-6-3-4-14(13-6)7-5-8(15-2)12-9(10)11-7/h3-5H,1-2H3,(H2,10,11,12). The molecule has 0 amide bonds. The van der Waals surface area contributed by atoms with E-state index in [1.54, 1.807) is 16.9 Å². The lowest BCUT2D eigenvalue weighted by atomic mass is 10.5. The van der Waals surface area contributed by atoms with Gasteiger partial charge >= 0.3 is 0 Å². The topological polar surface area (TPSA) is 78.8 Å². The highest BCUT2D eigenvalue weighted by Gasteiger charge is 2.05. The summed E-state index contributed by atoms with van der Waals surface area (Å²) in [6, 6.07) is 3.55. The molecule has 2 N–H and O–H groups in total. The van der Waals surface area contributed by atoms with Crippen molar-refractivity contribution in [1.29, 1.82) is 0 Å². The van der Waals surface area contributed by atoms with Gasteiger partial charge in [-0.15, -0.1) is 0 Å². The molecule has 0 spiro atoms. The fourth-order valence-electron chi connectivity index (χ4n) is 1.19. The number of ether oxygens (including phenoxy) is 1. The van der Waals surface area contributed by atoms with Crippen LogP contribution in [-0.4, -0.2) is 26.9 Å². The SMILES string of the molecule is COc1cc(-n2ccc(C)n2)nc(N)n1. The monoisotopic (exact) mass is 205 g/mol. The van der Waals surface area contributed by atoms with Crippen LogP contribution < -0.4 is 10.5 Å². The van der Waals surface area contributed by atoms with E-state index in [9.17, 15) is 0 Å². The Morgan fingerprint density at radius 2 is 2.20 bits per heavy atom. The van der Waals surface area contributed by atoms with Crippen LogP contribution in [0, 0.1) is 6.92 Å². The van der Waals surface area contributed by atoms with Crippen molar-refractivity contribution in [3.05, 3.63) is 24.0 Å². The molecule has 0 radical (unpaired) electrons. The molecule has 0 aromatic carbocycles. The van der Waals surface area contributed by atoms with Crippen molar-refractivity contribution < 1.29 is 4.74 Å². The van der Waals surface area contributed by atoms with Gasteiger partial charge in [-0.2, -0.15) is 15.1 Å². The second-order valence-electron chi connectivity index (χ2n) is 3.03. The third-order valence-corrected chi connectivity index (χ3v) is 1.87. The summed E-state index contributed by atoms with van der Waals surface area (Å²) in [5, 5.41) is 4.21. The highest BCUT2D eigenvalue weighted by molar-refractivity contribution is 5.34. The molecule has 6 heteroatoms. The number of nitrogen functional groups attached to an aromatic ring is 1. The summed E-state index contributed by atoms with van der Waals surface area (Å²) in [6.45, 7) is 1.90. The second kappa shape index (κ2) is 3.56. The molecule has 6 nitrogen and oxygen atoms in total. The van der Waals surface area contributed by atoms with Gasteiger partial charge in [-0.3, -0.25) is 0 Å². The minimum atomic E-state index is 0.164. The van der Waals surface area contributed by atoms with Crippen LogP contribution in [0.1, 0.15) is 5.69 Å². The van der Waals surface area contributed by atoms with E-state index in [0.29, 0.717) is 11.7 Å². The number of nitrogens with two attached hydrogens (primary N) is 1. The zero-order chi connectivity index (χ0) is 10.8. The number of hydrogen-bond acceptors (Lipinski definition) is 5. The van der Waals surface area contributed by atoms with E-state index < -0.39 is 0 Å². The number of hydrogen-bond donors (Lipinski definition) is 1. The fourth-order valence-corrected chi connectivity index (χ4v) is 1.19. The minimum absolute atomic E-state index is 0.164. The van der Waals surface area contributed by atoms with Gasteiger partial charge in [-0.25, -0.2) is 4.68 Å². The quantitative estimate of drug-likeness (QED) is 0.775. The molecular formula is C9H11N5O. The Morgan fingerprint density at radius 3 is 2.80 bits per heavy atom. The third kappa shape index (κ3) is 1.88. The van der Waals surface area contributed by atoms with Crippen LogP contribution in [0.2, 0.25) is 0 Å². The Bertz CT molecular complexity index is 479. The van der Waals surface area contributed by atoms with Gasteiger partial charge in [0.15, 0.2) is 5.82 Å². The largest absolute Gasteiger partial charge is 0.481 e. The van der Waals surface area contributed by atoms with Crippen LogP contribution in [0.5, 0.6) is 5.88 Å². The number of methoxy groups -OCH3 is 1. The predicted molar refractivity (Wildman–Crippen MR) is 54.9 cm³/mol. The molecule has 0 bridgehead atoms. The Morgan fingerprint density at radius 1 is 1.40 bits per heavy atom. The normalized spacial score (nSPS) is 10.3. The van der Waals surface area contributed by atoms with Crippen LogP contribution in [0.3, 0.4) is 0 Å². The van der Waals surface area contributed by atoms with Crippen LogP contribution in [0.25, 0.3) is 5.82 Å². The Kier molecular flexibility index (Phi) is 2.24. The zero-order valence-corrected chi connectivity index (χ0v) is 8.51. The molecular weight excluding hydrogens is 194 g/mol. The van der Waals surface area contributed by atoms with Gasteiger partial charge in [-0.1, -0.05) is 0 Å². The summed E-state index contributed by atoms with van der Waals surface area (Å²) in [5.41, 5.74) is 6.44. The maximum atomic E-state index is 5.54. The average molecular weight is 205 g/mol. The van der Waals surface area contributed by atoms with E-state index in [1.165, 1.54) is 7.11 Å². The number of rotatable bonds is 2. The highest BCUT2D eigenvalue weighted by atomic mass is 16.5. The van der Waals surface area contributed by atoms with E-state index in [1.807, 2.05) is 13.0 Å². The molecule has 78 valence electrons. The van der Waals surface area contributed by atoms with Gasteiger partial charge in [-0.05, 0) is 13.0 Å². The fraction of sp³-hybridized carbons (Fsp3) is 0.222. The summed E-state index contributed by atoms with van der Waals surface area (Å²) in [5.74, 6) is 1.18. The number of anilines is 1. The van der Waals surface area contributed by atoms with E-state index >= 15 is 0 Å². The van der Waals surface area contributed by atoms with E-state index in [-0.39, 0.29) is 5.95 Å². The molecule has 0 saturated carbocycles. The van der Waals surface area contributed by atoms with Crippen LogP contribution in [-0.2, 0) is 0 Å². The second-order valence-corrected chi connectivity index (χ2v) is 3.03. The maximum Gasteiger partial charge on any atom is 0.225 e. The van der Waals surface area contributed by atoms with Gasteiger partial charge in [0, 0.05) is 12.3 Å². The van der Waals surface area contributed by atoms with Crippen LogP contribution in [0.4, 0.5) is 5.95 Å². The molecule has 2 aromatic rings. The Labute approximate surface area is 86.7 Å². The molecule has 0 atom stereocenters. The van der Waals surface area contributed by atoms with Crippen LogP contribution in [0.15, 0.2) is 18.3 Å².